The summed E-state index contributed by atoms with van der Waals surface area (Å²) in [6, 6.07) is 10.1. The van der Waals surface area contributed by atoms with Crippen LogP contribution >= 0.6 is 0 Å². The summed E-state index contributed by atoms with van der Waals surface area (Å²) in [4.78, 5) is 13.0. The number of carbonyl (C=O) groups is 1. The lowest BCUT2D eigenvalue weighted by Crippen LogP contribution is -2.50. The van der Waals surface area contributed by atoms with Crippen LogP contribution in [0.15, 0.2) is 30.3 Å². The normalized spacial score (nSPS) is 13.1. The molecule has 0 radical (unpaired) electrons. The van der Waals surface area contributed by atoms with Gasteiger partial charge in [0.25, 0.3) is 0 Å². The van der Waals surface area contributed by atoms with Crippen LogP contribution in [0.5, 0.6) is 0 Å². The largest absolute Gasteiger partial charge is 0.481 e. The summed E-state index contributed by atoms with van der Waals surface area (Å²) in [5.41, 5.74) is 1.54. The summed E-state index contributed by atoms with van der Waals surface area (Å²) < 4.78 is 0. The Hall–Kier alpha value is -1.29. The van der Waals surface area contributed by atoms with E-state index >= 15 is 0 Å². The third-order valence-electron chi connectivity index (χ3n) is 3.38. The fourth-order valence-corrected chi connectivity index (χ4v) is 3.06. The smallest absolute Gasteiger partial charge is 0.305 e. The molecular formula is C14H23NO2Si. The monoisotopic (exact) mass is 265 g/mol. The molecule has 0 aromatic heterocycles. The number of rotatable bonds is 6. The standard InChI is InChI=1S/C14H23NO2Si/c1-12(18(2,3)4)15(11-10-14(16)17)13-8-6-5-7-9-13/h5-9,12H,10-11H2,1-4H3,(H,16,17). The minimum Gasteiger partial charge on any atom is -0.481 e. The maximum atomic E-state index is 10.8. The van der Waals surface area contributed by atoms with Crippen molar-refractivity contribution in [1.82, 2.24) is 0 Å². The summed E-state index contributed by atoms with van der Waals surface area (Å²) in [5, 5.41) is 8.88. The van der Waals surface area contributed by atoms with E-state index in [0.717, 1.165) is 5.69 Å². The summed E-state index contributed by atoms with van der Waals surface area (Å²) >= 11 is 0. The molecule has 1 rings (SSSR count). The molecule has 0 bridgehead atoms. The molecule has 0 aliphatic carbocycles. The van der Waals surface area contributed by atoms with Crippen LogP contribution in [-0.2, 0) is 4.79 Å². The maximum absolute atomic E-state index is 10.8. The number of hydrogen-bond donors (Lipinski definition) is 1. The Bertz CT molecular complexity index is 387. The molecule has 1 atom stereocenters. The van der Waals surface area contributed by atoms with E-state index in [0.29, 0.717) is 12.2 Å². The van der Waals surface area contributed by atoms with E-state index in [1.54, 1.807) is 0 Å². The van der Waals surface area contributed by atoms with Crippen molar-refractivity contribution in [2.75, 3.05) is 11.4 Å². The average Bonchev–Trinajstić information content (AvgIpc) is 2.29. The fraction of sp³-hybridized carbons (Fsp3) is 0.500. The Morgan fingerprint density at radius 1 is 1.28 bits per heavy atom. The molecule has 1 aromatic rings. The van der Waals surface area contributed by atoms with E-state index in [1.807, 2.05) is 18.2 Å². The van der Waals surface area contributed by atoms with Gasteiger partial charge in [-0.05, 0) is 19.1 Å². The van der Waals surface area contributed by atoms with Gasteiger partial charge in [-0.15, -0.1) is 0 Å². The Labute approximate surface area is 110 Å². The zero-order chi connectivity index (χ0) is 13.8. The molecule has 100 valence electrons. The SMILES string of the molecule is CC(N(CCC(=O)O)c1ccccc1)[Si](C)(C)C. The number of aliphatic carboxylic acids is 1. The van der Waals surface area contributed by atoms with Crippen LogP contribution in [0.3, 0.4) is 0 Å². The zero-order valence-corrected chi connectivity index (χ0v) is 12.7. The minimum atomic E-state index is -1.35. The van der Waals surface area contributed by atoms with Gasteiger partial charge < -0.3 is 10.0 Å². The molecule has 1 unspecified atom stereocenters. The van der Waals surface area contributed by atoms with Crippen LogP contribution in [0.25, 0.3) is 0 Å². The van der Waals surface area contributed by atoms with Crippen molar-refractivity contribution in [3.63, 3.8) is 0 Å². The summed E-state index contributed by atoms with van der Waals surface area (Å²) in [6.07, 6.45) is 0.184. The highest BCUT2D eigenvalue weighted by Gasteiger charge is 2.28. The maximum Gasteiger partial charge on any atom is 0.305 e. The highest BCUT2D eigenvalue weighted by Crippen LogP contribution is 2.22. The molecule has 4 heteroatoms. The van der Waals surface area contributed by atoms with E-state index in [9.17, 15) is 4.79 Å². The van der Waals surface area contributed by atoms with E-state index < -0.39 is 14.0 Å². The van der Waals surface area contributed by atoms with Crippen molar-refractivity contribution >= 4 is 19.7 Å². The molecule has 0 aliphatic rings. The minimum absolute atomic E-state index is 0.184. The van der Waals surface area contributed by atoms with Crippen LogP contribution < -0.4 is 4.90 Å². The number of para-hydroxylation sites is 1. The lowest BCUT2D eigenvalue weighted by Gasteiger charge is -2.38. The van der Waals surface area contributed by atoms with Gasteiger partial charge in [-0.1, -0.05) is 37.8 Å². The predicted molar refractivity (Wildman–Crippen MR) is 78.8 cm³/mol. The Balaban J connectivity index is 2.92. The van der Waals surface area contributed by atoms with Crippen LogP contribution in [0, 0.1) is 0 Å². The van der Waals surface area contributed by atoms with Crippen molar-refractivity contribution in [2.45, 2.75) is 38.7 Å². The quantitative estimate of drug-likeness (QED) is 0.803. The molecule has 0 aliphatic heterocycles. The van der Waals surface area contributed by atoms with Crippen molar-refractivity contribution in [3.8, 4) is 0 Å². The topological polar surface area (TPSA) is 40.5 Å². The van der Waals surface area contributed by atoms with Gasteiger partial charge >= 0.3 is 5.97 Å². The average molecular weight is 265 g/mol. The van der Waals surface area contributed by atoms with Gasteiger partial charge in [0.15, 0.2) is 0 Å². The molecule has 0 saturated carbocycles. The molecule has 1 N–H and O–H groups in total. The molecule has 0 heterocycles. The number of carboxylic acids is 1. The lowest BCUT2D eigenvalue weighted by molar-refractivity contribution is -0.136. The van der Waals surface area contributed by atoms with Crippen LogP contribution in [0.2, 0.25) is 19.6 Å². The van der Waals surface area contributed by atoms with Gasteiger partial charge in [-0.25, -0.2) is 0 Å². The Kier molecular flexibility index (Phi) is 4.96. The van der Waals surface area contributed by atoms with Gasteiger partial charge in [0.05, 0.1) is 14.5 Å². The third kappa shape index (κ3) is 4.18. The second kappa shape index (κ2) is 6.04. The van der Waals surface area contributed by atoms with Gasteiger partial charge in [0.1, 0.15) is 0 Å². The van der Waals surface area contributed by atoms with Crippen LogP contribution in [0.1, 0.15) is 13.3 Å². The number of nitrogens with zero attached hydrogens (tertiary/aromatic N) is 1. The van der Waals surface area contributed by atoms with Gasteiger partial charge in [0.2, 0.25) is 0 Å². The highest BCUT2D eigenvalue weighted by atomic mass is 28.3. The van der Waals surface area contributed by atoms with Crippen molar-refractivity contribution in [1.29, 1.82) is 0 Å². The first-order chi connectivity index (χ1) is 8.32. The summed E-state index contributed by atoms with van der Waals surface area (Å²) in [6.45, 7) is 9.73. The van der Waals surface area contributed by atoms with E-state index in [2.05, 4.69) is 43.6 Å². The number of carboxylic acid groups (broad SMARTS) is 1. The number of benzene rings is 1. The molecular weight excluding hydrogens is 242 g/mol. The van der Waals surface area contributed by atoms with Gasteiger partial charge in [-0.3, -0.25) is 4.79 Å². The van der Waals surface area contributed by atoms with Crippen molar-refractivity contribution in [3.05, 3.63) is 30.3 Å². The van der Waals surface area contributed by atoms with Gasteiger partial charge in [-0.2, -0.15) is 0 Å². The second-order valence-corrected chi connectivity index (χ2v) is 11.3. The molecule has 0 saturated heterocycles. The molecule has 1 aromatic carbocycles. The van der Waals surface area contributed by atoms with Crippen LogP contribution in [0.4, 0.5) is 5.69 Å². The first kappa shape index (κ1) is 14.8. The first-order valence-electron chi connectivity index (χ1n) is 6.36. The van der Waals surface area contributed by atoms with Crippen molar-refractivity contribution in [2.24, 2.45) is 0 Å². The summed E-state index contributed by atoms with van der Waals surface area (Å²) in [7, 11) is -1.35. The summed E-state index contributed by atoms with van der Waals surface area (Å²) in [5.74, 6) is -0.737. The van der Waals surface area contributed by atoms with Gasteiger partial charge in [0, 0.05) is 17.9 Å². The predicted octanol–water partition coefficient (Wildman–Crippen LogP) is 3.23. The second-order valence-electron chi connectivity index (χ2n) is 5.71. The highest BCUT2D eigenvalue weighted by molar-refractivity contribution is 6.78. The molecule has 0 fully saturated rings. The fourth-order valence-electron chi connectivity index (χ4n) is 1.85. The van der Waals surface area contributed by atoms with Crippen molar-refractivity contribution < 1.29 is 9.90 Å². The Morgan fingerprint density at radius 2 is 1.83 bits per heavy atom. The molecule has 0 spiro atoms. The van der Waals surface area contributed by atoms with E-state index in [-0.39, 0.29) is 6.42 Å². The Morgan fingerprint density at radius 3 is 2.28 bits per heavy atom. The lowest BCUT2D eigenvalue weighted by atomic mass is 10.2. The molecule has 18 heavy (non-hydrogen) atoms. The van der Waals surface area contributed by atoms with E-state index in [4.69, 9.17) is 5.11 Å². The van der Waals surface area contributed by atoms with Crippen LogP contribution in [-0.4, -0.2) is 31.4 Å². The first-order valence-corrected chi connectivity index (χ1v) is 9.93. The van der Waals surface area contributed by atoms with E-state index in [1.165, 1.54) is 0 Å². The molecule has 3 nitrogen and oxygen atoms in total. The zero-order valence-electron chi connectivity index (χ0n) is 11.7. The number of hydrogen-bond acceptors (Lipinski definition) is 2. The number of anilines is 1. The third-order valence-corrected chi connectivity index (χ3v) is 6.19. The molecule has 0 amide bonds.